The lowest BCUT2D eigenvalue weighted by Gasteiger charge is -2.13. The van der Waals surface area contributed by atoms with E-state index in [9.17, 15) is 34.9 Å². The first-order valence-corrected chi connectivity index (χ1v) is 11.4. The fourth-order valence-corrected chi connectivity index (χ4v) is 3.24. The van der Waals surface area contributed by atoms with Crippen LogP contribution in [0.2, 0.25) is 0 Å². The van der Waals surface area contributed by atoms with Gasteiger partial charge in [0.05, 0.1) is 22.5 Å². The van der Waals surface area contributed by atoms with Gasteiger partial charge >= 0.3 is 5.97 Å². The largest absolute Gasteiger partial charge is 0.494 e. The third kappa shape index (κ3) is 8.60. The van der Waals surface area contributed by atoms with Crippen LogP contribution in [0, 0.1) is 32.1 Å². The van der Waals surface area contributed by atoms with Crippen molar-refractivity contribution < 1.29 is 39.1 Å². The topological polar surface area (TPSA) is 229 Å². The van der Waals surface area contributed by atoms with Crippen LogP contribution in [0.4, 0.5) is 22.7 Å². The van der Waals surface area contributed by atoms with Gasteiger partial charge in [-0.2, -0.15) is 0 Å². The van der Waals surface area contributed by atoms with Crippen molar-refractivity contribution in [3.05, 3.63) is 67.8 Å². The molecular weight excluding hydrogens is 530 g/mol. The zero-order chi connectivity index (χ0) is 30.0. The molecule has 0 unspecified atom stereocenters. The molecule has 0 bridgehead atoms. The first kappa shape index (κ1) is 30.9. The van der Waals surface area contributed by atoms with Gasteiger partial charge < -0.3 is 36.1 Å². The fraction of sp³-hybridized carbons (Fsp3) is 0.280. The van der Waals surface area contributed by atoms with Gasteiger partial charge in [0.15, 0.2) is 17.1 Å². The maximum Gasteiger partial charge on any atom is 0.336 e. The van der Waals surface area contributed by atoms with Crippen LogP contribution in [0.1, 0.15) is 34.6 Å². The second kappa shape index (κ2) is 13.4. The van der Waals surface area contributed by atoms with Gasteiger partial charge in [0, 0.05) is 30.8 Å². The number of carbonyl (C=O) groups excluding carboxylic acids is 1. The van der Waals surface area contributed by atoms with Crippen molar-refractivity contribution in [1.29, 1.82) is 0 Å². The molecule has 40 heavy (non-hydrogen) atoms. The molecule has 2 rings (SSSR count). The Balaban J connectivity index is 2.23. The molecule has 0 atom stereocenters. The van der Waals surface area contributed by atoms with Gasteiger partial charge in [-0.15, -0.1) is 0 Å². The molecule has 0 aromatic heterocycles. The second-order valence-corrected chi connectivity index (χ2v) is 8.51. The summed E-state index contributed by atoms with van der Waals surface area (Å²) < 4.78 is 10.6. The highest BCUT2D eigenvalue weighted by Gasteiger charge is 2.24. The highest BCUT2D eigenvalue weighted by Crippen LogP contribution is 2.37. The summed E-state index contributed by atoms with van der Waals surface area (Å²) in [6.07, 6.45) is 3.11. The molecule has 15 nitrogen and oxygen atoms in total. The van der Waals surface area contributed by atoms with Crippen LogP contribution in [-0.2, 0) is 0 Å². The maximum absolute atomic E-state index is 11.7. The Labute approximate surface area is 227 Å². The van der Waals surface area contributed by atoms with E-state index in [1.165, 1.54) is 27.0 Å². The van der Waals surface area contributed by atoms with Crippen LogP contribution < -0.4 is 25.8 Å². The predicted molar refractivity (Wildman–Crippen MR) is 144 cm³/mol. The number of nitrogens with zero attached hydrogens (tertiary/aromatic N) is 2. The monoisotopic (exact) mass is 557 g/mol. The highest BCUT2D eigenvalue weighted by molar-refractivity contribution is 5.95. The van der Waals surface area contributed by atoms with Gasteiger partial charge in [0.1, 0.15) is 18.0 Å². The standard InChI is InChI=1S/C25H27N5O10/c1-25(2,34)7-6-10-40-20-13-15(23(26)31)11-17(29(35)36)22(20)28-9-5-4-8-27-21-18(30(37)38)12-16(24(32)33)14-19(21)39-3/h4-5,11-14,27-28,34H,8-10H2,1-3H3,(H2,26,31)(H,32,33). The molecule has 15 heteroatoms. The maximum atomic E-state index is 11.7. The van der Waals surface area contributed by atoms with E-state index in [0.717, 1.165) is 18.2 Å². The molecule has 2 aromatic rings. The predicted octanol–water partition coefficient (Wildman–Crippen LogP) is 2.54. The second-order valence-electron chi connectivity index (χ2n) is 8.51. The van der Waals surface area contributed by atoms with Crippen LogP contribution in [0.15, 0.2) is 36.4 Å². The van der Waals surface area contributed by atoms with E-state index >= 15 is 0 Å². The number of methoxy groups -OCH3 is 1. The lowest BCUT2D eigenvalue weighted by Crippen LogP contribution is -2.15. The number of nitrogens with two attached hydrogens (primary N) is 1. The molecule has 0 aliphatic heterocycles. The Bertz CT molecular complexity index is 1400. The fourth-order valence-electron chi connectivity index (χ4n) is 3.24. The number of nitro groups is 2. The normalized spacial score (nSPS) is 10.8. The number of carbonyl (C=O) groups is 2. The molecule has 0 aliphatic rings. The van der Waals surface area contributed by atoms with Crippen molar-refractivity contribution in [2.45, 2.75) is 19.4 Å². The quantitative estimate of drug-likeness (QED) is 0.104. The summed E-state index contributed by atoms with van der Waals surface area (Å²) in [5.74, 6) is 2.73. The minimum Gasteiger partial charge on any atom is -0.494 e. The number of carboxylic acids is 1. The Morgan fingerprint density at radius 2 is 1.50 bits per heavy atom. The number of amides is 1. The van der Waals surface area contributed by atoms with Gasteiger partial charge in [0.2, 0.25) is 5.91 Å². The van der Waals surface area contributed by atoms with Crippen molar-refractivity contribution in [3.63, 3.8) is 0 Å². The lowest BCUT2D eigenvalue weighted by atomic mass is 10.1. The van der Waals surface area contributed by atoms with E-state index in [-0.39, 0.29) is 53.7 Å². The minimum atomic E-state index is -1.36. The van der Waals surface area contributed by atoms with E-state index in [4.69, 9.17) is 20.3 Å². The molecule has 0 saturated heterocycles. The number of anilines is 2. The molecule has 212 valence electrons. The SMILES string of the molecule is COc1cc(C(=O)O)cc([N+](=O)[O-])c1NCC=CCNc1c(OCC#CC(C)(C)O)cc(C(N)=O)cc1[N+](=O)[O-]. The van der Waals surface area contributed by atoms with E-state index in [2.05, 4.69) is 22.5 Å². The average molecular weight is 558 g/mol. The number of benzene rings is 2. The number of hydrogen-bond acceptors (Lipinski definition) is 11. The molecule has 0 spiro atoms. The van der Waals surface area contributed by atoms with Gasteiger partial charge in [-0.3, -0.25) is 25.0 Å². The van der Waals surface area contributed by atoms with Gasteiger partial charge in [-0.1, -0.05) is 24.0 Å². The zero-order valence-electron chi connectivity index (χ0n) is 21.7. The van der Waals surface area contributed by atoms with Crippen LogP contribution in [-0.4, -0.2) is 64.3 Å². The van der Waals surface area contributed by atoms with Crippen molar-refractivity contribution in [2.24, 2.45) is 5.73 Å². The highest BCUT2D eigenvalue weighted by atomic mass is 16.6. The number of nitrogens with one attached hydrogen (secondary N) is 2. The first-order valence-electron chi connectivity index (χ1n) is 11.4. The zero-order valence-corrected chi connectivity index (χ0v) is 21.7. The van der Waals surface area contributed by atoms with E-state index in [0.29, 0.717) is 0 Å². The summed E-state index contributed by atoms with van der Waals surface area (Å²) in [4.78, 5) is 44.6. The molecule has 1 amide bonds. The Hall–Kier alpha value is -5.36. The molecule has 0 fully saturated rings. The number of primary amides is 1. The summed E-state index contributed by atoms with van der Waals surface area (Å²) in [5.41, 5.74) is 2.47. The van der Waals surface area contributed by atoms with E-state index in [1.807, 2.05) is 0 Å². The third-order valence-corrected chi connectivity index (χ3v) is 4.96. The average Bonchev–Trinajstić information content (AvgIpc) is 2.87. The van der Waals surface area contributed by atoms with Crippen LogP contribution in [0.5, 0.6) is 11.5 Å². The van der Waals surface area contributed by atoms with Crippen molar-refractivity contribution in [2.75, 3.05) is 37.4 Å². The number of rotatable bonds is 13. The van der Waals surface area contributed by atoms with E-state index in [1.54, 1.807) is 12.2 Å². The molecular formula is C25H27N5O10. The van der Waals surface area contributed by atoms with Crippen molar-refractivity contribution in [1.82, 2.24) is 0 Å². The lowest BCUT2D eigenvalue weighted by molar-refractivity contribution is -0.384. The molecule has 6 N–H and O–H groups in total. The number of aliphatic hydroxyl groups is 1. The summed E-state index contributed by atoms with van der Waals surface area (Å²) in [6, 6.07) is 4.27. The van der Waals surface area contributed by atoms with Crippen LogP contribution in [0.25, 0.3) is 0 Å². The van der Waals surface area contributed by atoms with Crippen molar-refractivity contribution in [3.8, 4) is 23.3 Å². The minimum absolute atomic E-state index is 0.0291. The first-order chi connectivity index (χ1) is 18.7. The Kier molecular flexibility index (Phi) is 10.4. The molecule has 0 aliphatic carbocycles. The molecule has 0 radical (unpaired) electrons. The number of carboxylic acid groups (broad SMARTS) is 1. The van der Waals surface area contributed by atoms with Crippen LogP contribution >= 0.6 is 0 Å². The van der Waals surface area contributed by atoms with Gasteiger partial charge in [0.25, 0.3) is 11.4 Å². The smallest absolute Gasteiger partial charge is 0.336 e. The van der Waals surface area contributed by atoms with Gasteiger partial charge in [-0.25, -0.2) is 4.79 Å². The summed E-state index contributed by atoms with van der Waals surface area (Å²) >= 11 is 0. The molecule has 0 saturated carbocycles. The summed E-state index contributed by atoms with van der Waals surface area (Å²) in [7, 11) is 1.24. The summed E-state index contributed by atoms with van der Waals surface area (Å²) in [5, 5.41) is 47.6. The number of nitro benzene ring substituents is 2. The van der Waals surface area contributed by atoms with Gasteiger partial charge in [-0.05, 0) is 26.0 Å². The number of hydrogen-bond donors (Lipinski definition) is 5. The molecule has 0 heterocycles. The number of aromatic carboxylic acids is 1. The molecule has 2 aromatic carbocycles. The Morgan fingerprint density at radius 1 is 1.00 bits per heavy atom. The third-order valence-electron chi connectivity index (χ3n) is 4.96. The van der Waals surface area contributed by atoms with E-state index < -0.39 is 38.7 Å². The van der Waals surface area contributed by atoms with Crippen LogP contribution in [0.3, 0.4) is 0 Å². The number of ether oxygens (including phenoxy) is 2. The van der Waals surface area contributed by atoms with Crippen molar-refractivity contribution >= 4 is 34.6 Å². The summed E-state index contributed by atoms with van der Waals surface area (Å²) in [6.45, 7) is 2.75. The Morgan fingerprint density at radius 3 is 1.95 bits per heavy atom.